The van der Waals surface area contributed by atoms with Gasteiger partial charge in [0, 0.05) is 23.0 Å². The van der Waals surface area contributed by atoms with Crippen LogP contribution in [0.2, 0.25) is 0 Å². The molecule has 28 heavy (non-hydrogen) atoms. The first-order valence-corrected chi connectivity index (χ1v) is 9.72. The van der Waals surface area contributed by atoms with Crippen molar-refractivity contribution in [1.29, 1.82) is 0 Å². The predicted octanol–water partition coefficient (Wildman–Crippen LogP) is 4.25. The number of hydrogen-bond donors (Lipinski definition) is 3. The summed E-state index contributed by atoms with van der Waals surface area (Å²) in [4.78, 5) is 24.5. The van der Waals surface area contributed by atoms with Gasteiger partial charge in [-0.25, -0.2) is 4.39 Å². The van der Waals surface area contributed by atoms with E-state index in [1.54, 1.807) is 6.07 Å². The summed E-state index contributed by atoms with van der Waals surface area (Å²) in [6, 6.07) is 11.3. The Morgan fingerprint density at radius 1 is 1.04 bits per heavy atom. The van der Waals surface area contributed by atoms with Gasteiger partial charge < -0.3 is 16.0 Å². The molecule has 1 fully saturated rings. The Morgan fingerprint density at radius 3 is 2.43 bits per heavy atom. The van der Waals surface area contributed by atoms with Crippen molar-refractivity contribution in [2.75, 3.05) is 17.2 Å². The molecule has 3 N–H and O–H groups in total. The molecule has 148 valence electrons. The maximum Gasteiger partial charge on any atom is 0.251 e. The van der Waals surface area contributed by atoms with E-state index < -0.39 is 0 Å². The van der Waals surface area contributed by atoms with Gasteiger partial charge in [-0.05, 0) is 67.8 Å². The second-order valence-electron chi connectivity index (χ2n) is 7.25. The van der Waals surface area contributed by atoms with E-state index in [2.05, 4.69) is 16.0 Å². The van der Waals surface area contributed by atoms with E-state index in [1.807, 2.05) is 19.1 Å². The molecule has 0 bridgehead atoms. The normalized spacial score (nSPS) is 14.4. The molecule has 2 aromatic carbocycles. The Balaban J connectivity index is 1.52. The fourth-order valence-electron chi connectivity index (χ4n) is 3.43. The second kappa shape index (κ2) is 9.35. The second-order valence-corrected chi connectivity index (χ2v) is 7.25. The van der Waals surface area contributed by atoms with Crippen molar-refractivity contribution in [2.45, 2.75) is 45.1 Å². The zero-order valence-corrected chi connectivity index (χ0v) is 16.1. The molecule has 0 spiro atoms. The monoisotopic (exact) mass is 383 g/mol. The van der Waals surface area contributed by atoms with Crippen molar-refractivity contribution in [3.63, 3.8) is 0 Å². The highest BCUT2D eigenvalue weighted by Crippen LogP contribution is 2.20. The molecule has 0 saturated heterocycles. The molecule has 6 heteroatoms. The standard InChI is InChI=1S/C22H26FN3O2/c1-15-13-16(22(28)26-18-5-3-2-4-6-18)7-12-20(15)24-14-21(27)25-19-10-8-17(23)9-11-19/h7-13,18,24H,2-6,14H2,1H3,(H,25,27)(H,26,28). The molecule has 1 saturated carbocycles. The van der Waals surface area contributed by atoms with Gasteiger partial charge in [-0.15, -0.1) is 0 Å². The van der Waals surface area contributed by atoms with Crippen molar-refractivity contribution >= 4 is 23.2 Å². The number of hydrogen-bond acceptors (Lipinski definition) is 3. The van der Waals surface area contributed by atoms with Gasteiger partial charge in [0.2, 0.25) is 5.91 Å². The maximum absolute atomic E-state index is 12.9. The van der Waals surface area contributed by atoms with Crippen LogP contribution in [-0.4, -0.2) is 24.4 Å². The maximum atomic E-state index is 12.9. The average molecular weight is 383 g/mol. The van der Waals surface area contributed by atoms with E-state index in [-0.39, 0.29) is 30.2 Å². The van der Waals surface area contributed by atoms with Crippen LogP contribution in [0.25, 0.3) is 0 Å². The lowest BCUT2D eigenvalue weighted by Crippen LogP contribution is -2.36. The summed E-state index contributed by atoms with van der Waals surface area (Å²) in [5.41, 5.74) is 2.86. The van der Waals surface area contributed by atoms with E-state index in [0.29, 0.717) is 11.3 Å². The van der Waals surface area contributed by atoms with Crippen molar-refractivity contribution in [1.82, 2.24) is 5.32 Å². The molecular formula is C22H26FN3O2. The van der Waals surface area contributed by atoms with E-state index >= 15 is 0 Å². The van der Waals surface area contributed by atoms with Crippen LogP contribution < -0.4 is 16.0 Å². The summed E-state index contributed by atoms with van der Waals surface area (Å²) in [5, 5.41) is 8.89. The summed E-state index contributed by atoms with van der Waals surface area (Å²) in [6.07, 6.45) is 5.70. The summed E-state index contributed by atoms with van der Waals surface area (Å²) < 4.78 is 12.9. The van der Waals surface area contributed by atoms with E-state index in [4.69, 9.17) is 0 Å². The number of carbonyl (C=O) groups excluding carboxylic acids is 2. The van der Waals surface area contributed by atoms with Gasteiger partial charge in [-0.1, -0.05) is 19.3 Å². The van der Waals surface area contributed by atoms with Gasteiger partial charge in [-0.2, -0.15) is 0 Å². The van der Waals surface area contributed by atoms with Crippen LogP contribution in [0.1, 0.15) is 48.0 Å². The fraction of sp³-hybridized carbons (Fsp3) is 0.364. The molecule has 0 aromatic heterocycles. The zero-order chi connectivity index (χ0) is 19.9. The van der Waals surface area contributed by atoms with E-state index in [1.165, 1.54) is 43.5 Å². The van der Waals surface area contributed by atoms with Gasteiger partial charge in [0.25, 0.3) is 5.91 Å². The minimum absolute atomic E-state index is 0.0457. The molecule has 0 atom stereocenters. The summed E-state index contributed by atoms with van der Waals surface area (Å²) >= 11 is 0. The smallest absolute Gasteiger partial charge is 0.251 e. The fourth-order valence-corrected chi connectivity index (χ4v) is 3.43. The third-order valence-corrected chi connectivity index (χ3v) is 5.00. The predicted molar refractivity (Wildman–Crippen MR) is 109 cm³/mol. The number of rotatable bonds is 6. The molecule has 2 aromatic rings. The first-order valence-electron chi connectivity index (χ1n) is 9.72. The van der Waals surface area contributed by atoms with Crippen LogP contribution in [0.4, 0.5) is 15.8 Å². The number of anilines is 2. The first-order chi connectivity index (χ1) is 13.5. The molecule has 1 aliphatic carbocycles. The minimum Gasteiger partial charge on any atom is -0.376 e. The first kappa shape index (κ1) is 19.9. The molecule has 0 heterocycles. The van der Waals surface area contributed by atoms with Gasteiger partial charge in [0.1, 0.15) is 5.82 Å². The number of aryl methyl sites for hydroxylation is 1. The van der Waals surface area contributed by atoms with Crippen LogP contribution >= 0.6 is 0 Å². The Hall–Kier alpha value is -2.89. The van der Waals surface area contributed by atoms with Crippen molar-refractivity contribution < 1.29 is 14.0 Å². The van der Waals surface area contributed by atoms with Crippen LogP contribution in [0, 0.1) is 12.7 Å². The summed E-state index contributed by atoms with van der Waals surface area (Å²) in [5.74, 6) is -0.625. The highest BCUT2D eigenvalue weighted by molar-refractivity contribution is 5.96. The van der Waals surface area contributed by atoms with Gasteiger partial charge >= 0.3 is 0 Å². The van der Waals surface area contributed by atoms with Crippen LogP contribution in [-0.2, 0) is 4.79 Å². The van der Waals surface area contributed by atoms with Crippen LogP contribution in [0.5, 0.6) is 0 Å². The summed E-state index contributed by atoms with van der Waals surface area (Å²) in [6.45, 7) is 1.98. The Bertz CT molecular complexity index is 830. The Kier molecular flexibility index (Phi) is 6.63. The number of benzene rings is 2. The molecular weight excluding hydrogens is 357 g/mol. The highest BCUT2D eigenvalue weighted by atomic mass is 19.1. The molecule has 0 radical (unpaired) electrons. The SMILES string of the molecule is Cc1cc(C(=O)NC2CCCCC2)ccc1NCC(=O)Nc1ccc(F)cc1. The summed E-state index contributed by atoms with van der Waals surface area (Å²) in [7, 11) is 0. The van der Waals surface area contributed by atoms with E-state index in [9.17, 15) is 14.0 Å². The quantitative estimate of drug-likeness (QED) is 0.698. The molecule has 1 aliphatic rings. The van der Waals surface area contributed by atoms with E-state index in [0.717, 1.165) is 24.1 Å². The lowest BCUT2D eigenvalue weighted by Gasteiger charge is -2.23. The number of amides is 2. The van der Waals surface area contributed by atoms with Gasteiger partial charge in [0.05, 0.1) is 6.54 Å². The molecule has 5 nitrogen and oxygen atoms in total. The highest BCUT2D eigenvalue weighted by Gasteiger charge is 2.17. The zero-order valence-electron chi connectivity index (χ0n) is 16.1. The molecule has 0 aliphatic heterocycles. The third-order valence-electron chi connectivity index (χ3n) is 5.00. The van der Waals surface area contributed by atoms with Crippen molar-refractivity contribution in [3.8, 4) is 0 Å². The number of carbonyl (C=O) groups is 2. The lowest BCUT2D eigenvalue weighted by atomic mass is 9.95. The topological polar surface area (TPSA) is 70.2 Å². The molecule has 2 amide bonds. The Labute approximate surface area is 164 Å². The lowest BCUT2D eigenvalue weighted by molar-refractivity contribution is -0.114. The largest absolute Gasteiger partial charge is 0.376 e. The van der Waals surface area contributed by atoms with Crippen LogP contribution in [0.3, 0.4) is 0 Å². The number of nitrogens with one attached hydrogen (secondary N) is 3. The van der Waals surface area contributed by atoms with Crippen LogP contribution in [0.15, 0.2) is 42.5 Å². The number of halogens is 1. The van der Waals surface area contributed by atoms with Gasteiger partial charge in [0.15, 0.2) is 0 Å². The third kappa shape index (κ3) is 5.55. The molecule has 0 unspecified atom stereocenters. The average Bonchev–Trinajstić information content (AvgIpc) is 2.69. The Morgan fingerprint density at radius 2 is 1.75 bits per heavy atom. The van der Waals surface area contributed by atoms with Gasteiger partial charge in [-0.3, -0.25) is 9.59 Å². The van der Waals surface area contributed by atoms with Crippen molar-refractivity contribution in [3.05, 3.63) is 59.4 Å². The van der Waals surface area contributed by atoms with Crippen molar-refractivity contribution in [2.24, 2.45) is 0 Å². The molecule has 3 rings (SSSR count). The minimum atomic E-state index is -0.348.